The summed E-state index contributed by atoms with van der Waals surface area (Å²) in [5.41, 5.74) is 0.413. The van der Waals surface area contributed by atoms with Gasteiger partial charge in [-0.3, -0.25) is 0 Å². The summed E-state index contributed by atoms with van der Waals surface area (Å²) < 4.78 is 23.4. The molecule has 1 N–H and O–H groups in total. The summed E-state index contributed by atoms with van der Waals surface area (Å²) in [5.74, 6) is 0.746. The standard InChI is InChI=1S/C15H28N2O2S/c18-20(19)10-3-8-17(9-11-20)13-15(6-1-2-7-15)12-16-14-4-5-14/h14,16H,1-13H2. The Labute approximate surface area is 123 Å². The van der Waals surface area contributed by atoms with Gasteiger partial charge in [0.15, 0.2) is 9.84 Å². The molecule has 0 aromatic rings. The molecule has 1 aliphatic heterocycles. The van der Waals surface area contributed by atoms with Gasteiger partial charge in [0.2, 0.25) is 0 Å². The topological polar surface area (TPSA) is 49.4 Å². The third-order valence-corrected chi connectivity index (χ3v) is 6.93. The molecule has 0 spiro atoms. The van der Waals surface area contributed by atoms with Crippen LogP contribution in [0.25, 0.3) is 0 Å². The molecular weight excluding hydrogens is 272 g/mol. The van der Waals surface area contributed by atoms with Crippen LogP contribution in [0.4, 0.5) is 0 Å². The summed E-state index contributed by atoms with van der Waals surface area (Å²) in [6.45, 7) is 3.95. The molecule has 1 saturated heterocycles. The molecule has 0 aromatic carbocycles. The zero-order chi connectivity index (χ0) is 14.1. The maximum Gasteiger partial charge on any atom is 0.151 e. The fraction of sp³-hybridized carbons (Fsp3) is 1.00. The summed E-state index contributed by atoms with van der Waals surface area (Å²) in [6, 6.07) is 0.775. The van der Waals surface area contributed by atoms with E-state index >= 15 is 0 Å². The van der Waals surface area contributed by atoms with Crippen molar-refractivity contribution in [1.82, 2.24) is 10.2 Å². The van der Waals surface area contributed by atoms with Crippen LogP contribution in [0.3, 0.4) is 0 Å². The summed E-state index contributed by atoms with van der Waals surface area (Å²) in [4.78, 5) is 2.42. The number of hydrogen-bond donors (Lipinski definition) is 1. The molecule has 4 nitrogen and oxygen atoms in total. The molecule has 3 aliphatic rings. The van der Waals surface area contributed by atoms with Crippen LogP contribution < -0.4 is 5.32 Å². The zero-order valence-electron chi connectivity index (χ0n) is 12.4. The minimum atomic E-state index is -2.78. The van der Waals surface area contributed by atoms with Crippen LogP contribution in [0, 0.1) is 5.41 Å². The van der Waals surface area contributed by atoms with Gasteiger partial charge in [0.25, 0.3) is 0 Å². The van der Waals surface area contributed by atoms with Gasteiger partial charge in [0.1, 0.15) is 0 Å². The van der Waals surface area contributed by atoms with Crippen LogP contribution in [0.1, 0.15) is 44.9 Å². The molecule has 5 heteroatoms. The summed E-state index contributed by atoms with van der Waals surface area (Å²) in [5, 5.41) is 3.72. The minimum Gasteiger partial charge on any atom is -0.313 e. The highest BCUT2D eigenvalue weighted by molar-refractivity contribution is 7.91. The van der Waals surface area contributed by atoms with E-state index in [4.69, 9.17) is 0 Å². The molecule has 0 radical (unpaired) electrons. The van der Waals surface area contributed by atoms with Crippen molar-refractivity contribution in [3.8, 4) is 0 Å². The van der Waals surface area contributed by atoms with Crippen molar-refractivity contribution in [1.29, 1.82) is 0 Å². The average Bonchev–Trinajstić information content (AvgIpc) is 3.15. The van der Waals surface area contributed by atoms with Gasteiger partial charge in [0, 0.05) is 25.7 Å². The van der Waals surface area contributed by atoms with Crippen LogP contribution in [-0.4, -0.2) is 57.0 Å². The molecule has 0 bridgehead atoms. The van der Waals surface area contributed by atoms with Crippen LogP contribution in [0.5, 0.6) is 0 Å². The second-order valence-electron chi connectivity index (χ2n) is 7.14. The molecule has 1 heterocycles. The maximum absolute atomic E-state index is 11.7. The Morgan fingerprint density at radius 2 is 1.80 bits per heavy atom. The number of nitrogens with zero attached hydrogens (tertiary/aromatic N) is 1. The predicted molar refractivity (Wildman–Crippen MR) is 81.6 cm³/mol. The molecule has 2 aliphatic carbocycles. The second-order valence-corrected chi connectivity index (χ2v) is 9.45. The first kappa shape index (κ1) is 14.8. The normalized spacial score (nSPS) is 30.2. The Kier molecular flexibility index (Phi) is 4.39. The maximum atomic E-state index is 11.7. The van der Waals surface area contributed by atoms with Gasteiger partial charge in [0.05, 0.1) is 11.5 Å². The van der Waals surface area contributed by atoms with Crippen molar-refractivity contribution in [2.24, 2.45) is 5.41 Å². The van der Waals surface area contributed by atoms with Gasteiger partial charge in [-0.2, -0.15) is 0 Å². The lowest BCUT2D eigenvalue weighted by atomic mass is 9.85. The monoisotopic (exact) mass is 300 g/mol. The summed E-state index contributed by atoms with van der Waals surface area (Å²) in [6.07, 6.45) is 8.83. The smallest absolute Gasteiger partial charge is 0.151 e. The third kappa shape index (κ3) is 3.95. The third-order valence-electron chi connectivity index (χ3n) is 5.21. The highest BCUT2D eigenvalue weighted by Crippen LogP contribution is 2.39. The zero-order valence-corrected chi connectivity index (χ0v) is 13.3. The Hall–Kier alpha value is -0.130. The van der Waals surface area contributed by atoms with Gasteiger partial charge in [-0.25, -0.2) is 8.42 Å². The largest absolute Gasteiger partial charge is 0.313 e. The average molecular weight is 300 g/mol. The quantitative estimate of drug-likeness (QED) is 0.834. The lowest BCUT2D eigenvalue weighted by molar-refractivity contribution is 0.156. The first-order chi connectivity index (χ1) is 9.57. The number of rotatable bonds is 5. The van der Waals surface area contributed by atoms with Gasteiger partial charge in [-0.1, -0.05) is 12.8 Å². The van der Waals surface area contributed by atoms with E-state index < -0.39 is 9.84 Å². The molecule has 0 atom stereocenters. The number of hydrogen-bond acceptors (Lipinski definition) is 4. The van der Waals surface area contributed by atoms with E-state index in [1.807, 2.05) is 0 Å². The Morgan fingerprint density at radius 3 is 2.50 bits per heavy atom. The van der Waals surface area contributed by atoms with E-state index in [0.29, 0.717) is 16.9 Å². The van der Waals surface area contributed by atoms with E-state index in [9.17, 15) is 8.42 Å². The molecule has 116 valence electrons. The molecule has 2 saturated carbocycles. The Bertz CT molecular complexity index is 425. The van der Waals surface area contributed by atoms with E-state index in [0.717, 1.165) is 38.6 Å². The van der Waals surface area contributed by atoms with Crippen LogP contribution in [-0.2, 0) is 9.84 Å². The first-order valence-electron chi connectivity index (χ1n) is 8.23. The van der Waals surface area contributed by atoms with Crippen LogP contribution in [0.15, 0.2) is 0 Å². The van der Waals surface area contributed by atoms with Gasteiger partial charge < -0.3 is 10.2 Å². The molecule has 3 fully saturated rings. The fourth-order valence-electron chi connectivity index (χ4n) is 3.79. The molecular formula is C15H28N2O2S. The molecule has 0 aromatic heterocycles. The minimum absolute atomic E-state index is 0.360. The van der Waals surface area contributed by atoms with Crippen LogP contribution >= 0.6 is 0 Å². The molecule has 0 unspecified atom stereocenters. The van der Waals surface area contributed by atoms with Crippen molar-refractivity contribution < 1.29 is 8.42 Å². The van der Waals surface area contributed by atoms with Crippen LogP contribution in [0.2, 0.25) is 0 Å². The highest BCUT2D eigenvalue weighted by Gasteiger charge is 2.37. The van der Waals surface area contributed by atoms with Crippen molar-refractivity contribution in [3.63, 3.8) is 0 Å². The Morgan fingerprint density at radius 1 is 1.05 bits per heavy atom. The Balaban J connectivity index is 1.57. The van der Waals surface area contributed by atoms with E-state index in [2.05, 4.69) is 10.2 Å². The molecule has 20 heavy (non-hydrogen) atoms. The van der Waals surface area contributed by atoms with E-state index in [1.54, 1.807) is 0 Å². The lowest BCUT2D eigenvalue weighted by Crippen LogP contribution is -2.44. The van der Waals surface area contributed by atoms with Gasteiger partial charge in [-0.05, 0) is 44.1 Å². The fourth-order valence-corrected chi connectivity index (χ4v) is 5.10. The number of sulfone groups is 1. The lowest BCUT2D eigenvalue weighted by Gasteiger charge is -2.35. The van der Waals surface area contributed by atoms with Gasteiger partial charge >= 0.3 is 0 Å². The number of nitrogens with one attached hydrogen (secondary N) is 1. The highest BCUT2D eigenvalue weighted by atomic mass is 32.2. The van der Waals surface area contributed by atoms with Gasteiger partial charge in [-0.15, -0.1) is 0 Å². The predicted octanol–water partition coefficient (Wildman–Crippen LogP) is 1.42. The van der Waals surface area contributed by atoms with E-state index in [1.165, 1.54) is 38.5 Å². The summed E-state index contributed by atoms with van der Waals surface area (Å²) in [7, 11) is -2.78. The van der Waals surface area contributed by atoms with E-state index in [-0.39, 0.29) is 0 Å². The van der Waals surface area contributed by atoms with Crippen molar-refractivity contribution in [3.05, 3.63) is 0 Å². The molecule has 3 rings (SSSR count). The molecule has 0 amide bonds. The van der Waals surface area contributed by atoms with Crippen molar-refractivity contribution in [2.75, 3.05) is 37.7 Å². The second kappa shape index (κ2) is 5.93. The van der Waals surface area contributed by atoms with Crippen molar-refractivity contribution in [2.45, 2.75) is 51.0 Å². The SMILES string of the molecule is O=S1(=O)CCCN(CC2(CNC3CC3)CCCC2)CC1. The van der Waals surface area contributed by atoms with Crippen molar-refractivity contribution >= 4 is 9.84 Å². The first-order valence-corrected chi connectivity index (χ1v) is 10.1. The summed E-state index contributed by atoms with van der Waals surface area (Å²) >= 11 is 0.